The van der Waals surface area contributed by atoms with Crippen molar-refractivity contribution in [2.45, 2.75) is 19.4 Å². The summed E-state index contributed by atoms with van der Waals surface area (Å²) in [4.78, 5) is 59.6. The number of benzene rings is 2. The Morgan fingerprint density at radius 3 is 2.03 bits per heavy atom. The minimum absolute atomic E-state index is 0.0940. The highest BCUT2D eigenvalue weighted by Crippen LogP contribution is 2.28. The van der Waals surface area contributed by atoms with E-state index in [0.717, 1.165) is 0 Å². The highest BCUT2D eigenvalue weighted by Gasteiger charge is 2.30. The second-order valence-corrected chi connectivity index (χ2v) is 8.33. The van der Waals surface area contributed by atoms with Crippen molar-refractivity contribution >= 4 is 35.3 Å². The van der Waals surface area contributed by atoms with Gasteiger partial charge in [-0.2, -0.15) is 0 Å². The molecule has 1 aliphatic heterocycles. The fourth-order valence-corrected chi connectivity index (χ4v) is 4.02. The van der Waals surface area contributed by atoms with Crippen LogP contribution in [0, 0.1) is 0 Å². The number of nitrogens with zero attached hydrogens (tertiary/aromatic N) is 2. The minimum Gasteiger partial charge on any atom is -0.493 e. The van der Waals surface area contributed by atoms with Gasteiger partial charge in [-0.25, -0.2) is 9.59 Å². The maximum Gasteiger partial charge on any atom is 0.414 e. The number of para-hydroxylation sites is 1. The summed E-state index contributed by atoms with van der Waals surface area (Å²) in [6.45, 7) is 4.04. The second-order valence-electron chi connectivity index (χ2n) is 8.33. The van der Waals surface area contributed by atoms with Crippen LogP contribution in [0.15, 0.2) is 42.5 Å². The number of ether oxygens (including phenoxy) is 2. The number of nitrogens with two attached hydrogens (primary N) is 1. The van der Waals surface area contributed by atoms with E-state index >= 15 is 0 Å². The van der Waals surface area contributed by atoms with Crippen LogP contribution in [-0.4, -0.2) is 96.1 Å². The number of carbonyl (C=O) groups excluding carboxylic acids is 3. The number of carbonyl (C=O) groups is 5. The Balaban J connectivity index is 0.000000798. The Labute approximate surface area is 225 Å². The monoisotopic (exact) mass is 544 g/mol. The molecule has 1 unspecified atom stereocenters. The first kappa shape index (κ1) is 30.6. The summed E-state index contributed by atoms with van der Waals surface area (Å²) in [6.07, 6.45) is 0.591. The standard InChI is InChI=1S/C24H30N4O5.C2H2O4/c1-4-19(23(30)26-18-8-6-5-7-17(18)22(25)29)27-11-13-28(14-12-27)24(31)16-9-10-20(32-2)21(15-16)33-3;3-1(4)2(5)6/h5-10,15,19H,4,11-14H2,1-3H3,(H2,25,29)(H,26,30);(H,3,4)(H,5,6). The van der Waals surface area contributed by atoms with Gasteiger partial charge in [-0.3, -0.25) is 19.3 Å². The third-order valence-corrected chi connectivity index (χ3v) is 6.00. The predicted octanol–water partition coefficient (Wildman–Crippen LogP) is 1.13. The zero-order chi connectivity index (χ0) is 29.1. The van der Waals surface area contributed by atoms with E-state index in [-0.39, 0.29) is 23.4 Å². The number of primary amides is 1. The maximum atomic E-state index is 13.0. The number of methoxy groups -OCH3 is 2. The molecule has 39 heavy (non-hydrogen) atoms. The lowest BCUT2D eigenvalue weighted by atomic mass is 10.1. The Hall–Kier alpha value is -4.65. The van der Waals surface area contributed by atoms with Crippen molar-refractivity contribution in [3.8, 4) is 11.5 Å². The van der Waals surface area contributed by atoms with Crippen LogP contribution >= 0.6 is 0 Å². The smallest absolute Gasteiger partial charge is 0.414 e. The molecule has 0 aliphatic carbocycles. The average Bonchev–Trinajstić information content (AvgIpc) is 2.93. The summed E-state index contributed by atoms with van der Waals surface area (Å²) in [6, 6.07) is 11.4. The molecule has 3 amide bonds. The van der Waals surface area contributed by atoms with Gasteiger partial charge in [-0.05, 0) is 36.8 Å². The van der Waals surface area contributed by atoms with Crippen LogP contribution in [0.1, 0.15) is 34.1 Å². The van der Waals surface area contributed by atoms with Crippen molar-refractivity contribution in [2.24, 2.45) is 5.73 Å². The second kappa shape index (κ2) is 14.3. The largest absolute Gasteiger partial charge is 0.493 e. The lowest BCUT2D eigenvalue weighted by molar-refractivity contribution is -0.159. The summed E-state index contributed by atoms with van der Waals surface area (Å²) in [7, 11) is 3.08. The van der Waals surface area contributed by atoms with Gasteiger partial charge in [0.15, 0.2) is 11.5 Å². The normalized spacial score (nSPS) is 13.8. The van der Waals surface area contributed by atoms with E-state index in [0.29, 0.717) is 55.3 Å². The van der Waals surface area contributed by atoms with Gasteiger partial charge in [0.25, 0.3) is 11.8 Å². The summed E-state index contributed by atoms with van der Waals surface area (Å²) < 4.78 is 10.5. The Morgan fingerprint density at radius 2 is 1.51 bits per heavy atom. The number of rotatable bonds is 8. The molecular weight excluding hydrogens is 512 g/mol. The molecule has 210 valence electrons. The number of amides is 3. The van der Waals surface area contributed by atoms with Crippen LogP contribution in [0.25, 0.3) is 0 Å². The van der Waals surface area contributed by atoms with Crippen LogP contribution in [0.5, 0.6) is 11.5 Å². The molecule has 1 heterocycles. The van der Waals surface area contributed by atoms with Gasteiger partial charge < -0.3 is 35.6 Å². The van der Waals surface area contributed by atoms with Crippen molar-refractivity contribution in [1.29, 1.82) is 0 Å². The summed E-state index contributed by atoms with van der Waals surface area (Å²) in [5, 5.41) is 17.6. The van der Waals surface area contributed by atoms with Crippen molar-refractivity contribution in [2.75, 3.05) is 45.7 Å². The van der Waals surface area contributed by atoms with Crippen molar-refractivity contribution < 1.29 is 43.7 Å². The van der Waals surface area contributed by atoms with E-state index < -0.39 is 17.8 Å². The van der Waals surface area contributed by atoms with Crippen LogP contribution in [0.2, 0.25) is 0 Å². The highest BCUT2D eigenvalue weighted by molar-refractivity contribution is 6.27. The Kier molecular flexibility index (Phi) is 11.2. The van der Waals surface area contributed by atoms with E-state index in [1.807, 2.05) is 6.92 Å². The molecule has 13 nitrogen and oxygen atoms in total. The van der Waals surface area contributed by atoms with Gasteiger partial charge in [0, 0.05) is 31.7 Å². The van der Waals surface area contributed by atoms with Crippen LogP contribution in [0.3, 0.4) is 0 Å². The molecule has 2 aromatic rings. The highest BCUT2D eigenvalue weighted by atomic mass is 16.5. The molecule has 0 bridgehead atoms. The summed E-state index contributed by atoms with van der Waals surface area (Å²) in [5.74, 6) is -3.48. The lowest BCUT2D eigenvalue weighted by Crippen LogP contribution is -2.54. The molecule has 3 rings (SSSR count). The summed E-state index contributed by atoms with van der Waals surface area (Å²) >= 11 is 0. The minimum atomic E-state index is -1.82. The van der Waals surface area contributed by atoms with E-state index in [9.17, 15) is 14.4 Å². The van der Waals surface area contributed by atoms with Crippen molar-refractivity contribution in [3.63, 3.8) is 0 Å². The van der Waals surface area contributed by atoms with E-state index in [1.54, 1.807) is 54.5 Å². The maximum absolute atomic E-state index is 13.0. The zero-order valence-corrected chi connectivity index (χ0v) is 21.9. The van der Waals surface area contributed by atoms with Crippen molar-refractivity contribution in [3.05, 3.63) is 53.6 Å². The third-order valence-electron chi connectivity index (χ3n) is 6.00. The molecule has 5 N–H and O–H groups in total. The van der Waals surface area contributed by atoms with E-state index in [4.69, 9.17) is 35.0 Å². The molecule has 0 saturated carbocycles. The molecule has 0 spiro atoms. The fourth-order valence-electron chi connectivity index (χ4n) is 4.02. The molecule has 0 aromatic heterocycles. The summed E-state index contributed by atoms with van der Waals surface area (Å²) in [5.41, 5.74) is 6.61. The average molecular weight is 545 g/mol. The molecule has 1 aliphatic rings. The molecule has 1 atom stereocenters. The van der Waals surface area contributed by atoms with Gasteiger partial charge in [-0.15, -0.1) is 0 Å². The Bertz CT molecular complexity index is 1200. The number of anilines is 1. The number of carboxylic acids is 2. The molecule has 2 aromatic carbocycles. The fraction of sp³-hybridized carbons (Fsp3) is 0.346. The first-order chi connectivity index (χ1) is 18.5. The number of piperazine rings is 1. The first-order valence-corrected chi connectivity index (χ1v) is 11.9. The molecule has 1 saturated heterocycles. The van der Waals surface area contributed by atoms with Gasteiger partial charge in [0.05, 0.1) is 31.5 Å². The van der Waals surface area contributed by atoms with E-state index in [2.05, 4.69) is 10.2 Å². The number of hydrogen-bond acceptors (Lipinski definition) is 8. The lowest BCUT2D eigenvalue weighted by Gasteiger charge is -2.38. The molecular formula is C26H32N4O9. The number of nitrogens with one attached hydrogen (secondary N) is 1. The molecule has 13 heteroatoms. The quantitative estimate of drug-likeness (QED) is 0.351. The van der Waals surface area contributed by atoms with Crippen LogP contribution in [-0.2, 0) is 14.4 Å². The molecule has 1 fully saturated rings. The van der Waals surface area contributed by atoms with Gasteiger partial charge in [-0.1, -0.05) is 19.1 Å². The van der Waals surface area contributed by atoms with Gasteiger partial charge in [0.1, 0.15) is 0 Å². The number of hydrogen-bond donors (Lipinski definition) is 4. The molecule has 0 radical (unpaired) electrons. The SMILES string of the molecule is CCC(C(=O)Nc1ccccc1C(N)=O)N1CCN(C(=O)c2ccc(OC)c(OC)c2)CC1.O=C(O)C(=O)O. The Morgan fingerprint density at radius 1 is 0.923 bits per heavy atom. The van der Waals surface area contributed by atoms with Crippen molar-refractivity contribution in [1.82, 2.24) is 9.80 Å². The predicted molar refractivity (Wildman–Crippen MR) is 140 cm³/mol. The van der Waals surface area contributed by atoms with Gasteiger partial charge >= 0.3 is 11.9 Å². The zero-order valence-electron chi connectivity index (χ0n) is 21.9. The number of carboxylic acid groups (broad SMARTS) is 2. The van der Waals surface area contributed by atoms with Crippen LogP contribution < -0.4 is 20.5 Å². The van der Waals surface area contributed by atoms with Gasteiger partial charge in [0.2, 0.25) is 5.91 Å². The first-order valence-electron chi connectivity index (χ1n) is 11.9. The van der Waals surface area contributed by atoms with Crippen LogP contribution in [0.4, 0.5) is 5.69 Å². The van der Waals surface area contributed by atoms with E-state index in [1.165, 1.54) is 7.11 Å². The number of aliphatic carboxylic acids is 2. The third kappa shape index (κ3) is 8.17. The topological polar surface area (TPSA) is 189 Å².